The van der Waals surface area contributed by atoms with E-state index in [9.17, 15) is 9.18 Å². The molecule has 2 aliphatic heterocycles. The fourth-order valence-electron chi connectivity index (χ4n) is 3.99. The van der Waals surface area contributed by atoms with Crippen LogP contribution < -0.4 is 0 Å². The second-order valence-corrected chi connectivity index (χ2v) is 7.08. The van der Waals surface area contributed by atoms with Crippen molar-refractivity contribution in [2.24, 2.45) is 5.92 Å². The van der Waals surface area contributed by atoms with Crippen LogP contribution in [-0.4, -0.2) is 43.3 Å². The van der Waals surface area contributed by atoms with Crippen LogP contribution in [0.1, 0.15) is 24.3 Å². The van der Waals surface area contributed by atoms with E-state index in [0.717, 1.165) is 12.8 Å². The third kappa shape index (κ3) is 2.70. The zero-order valence-corrected chi connectivity index (χ0v) is 14.1. The van der Waals surface area contributed by atoms with E-state index in [1.54, 1.807) is 0 Å². The first kappa shape index (κ1) is 15.2. The van der Waals surface area contributed by atoms with Crippen molar-refractivity contribution < 1.29 is 13.9 Å². The lowest BCUT2D eigenvalue weighted by Crippen LogP contribution is -2.34. The first-order chi connectivity index (χ1) is 10.1. The lowest BCUT2D eigenvalue weighted by atomic mass is 9.75. The van der Waals surface area contributed by atoms with Gasteiger partial charge in [0.25, 0.3) is 0 Å². The second kappa shape index (κ2) is 6.20. The highest BCUT2D eigenvalue weighted by Gasteiger charge is 2.55. The van der Waals surface area contributed by atoms with Crippen molar-refractivity contribution in [3.63, 3.8) is 0 Å². The van der Waals surface area contributed by atoms with Crippen LogP contribution in [0.4, 0.5) is 4.39 Å². The van der Waals surface area contributed by atoms with E-state index >= 15 is 0 Å². The highest BCUT2D eigenvalue weighted by molar-refractivity contribution is 14.1. The molecule has 1 aromatic rings. The molecular formula is C16H19FINO2. The summed E-state index contributed by atoms with van der Waals surface area (Å²) in [5.74, 6) is -0.242. The summed E-state index contributed by atoms with van der Waals surface area (Å²) >= 11 is 2.28. The molecule has 0 spiro atoms. The van der Waals surface area contributed by atoms with Gasteiger partial charge in [-0.3, -0.25) is 9.69 Å². The monoisotopic (exact) mass is 402 g/mol. The van der Waals surface area contributed by atoms with Crippen LogP contribution in [0.3, 0.4) is 0 Å². The normalized spacial score (nSPS) is 31.6. The van der Waals surface area contributed by atoms with Crippen molar-refractivity contribution in [2.45, 2.75) is 30.8 Å². The number of nitrogens with zero attached hydrogens (tertiary/aromatic N) is 1. The Bertz CT molecular complexity index is 522. The minimum absolute atomic E-state index is 0.129. The minimum Gasteiger partial charge on any atom is -0.463 e. The number of carbonyl (C=O) groups excluding carboxylic acids is 1. The lowest BCUT2D eigenvalue weighted by Gasteiger charge is -2.28. The molecular weight excluding hydrogens is 383 g/mol. The number of hydrogen-bond donors (Lipinski definition) is 0. The van der Waals surface area contributed by atoms with Crippen molar-refractivity contribution >= 4 is 28.6 Å². The minimum atomic E-state index is -0.614. The first-order valence-corrected chi connectivity index (χ1v) is 8.41. The van der Waals surface area contributed by atoms with Crippen LogP contribution >= 0.6 is 22.6 Å². The second-order valence-electron chi connectivity index (χ2n) is 5.84. The highest BCUT2D eigenvalue weighted by atomic mass is 127. The molecule has 0 N–H and O–H groups in total. The lowest BCUT2D eigenvalue weighted by molar-refractivity contribution is -0.150. The summed E-state index contributed by atoms with van der Waals surface area (Å²) in [4.78, 5) is 14.7. The number of hydrogen-bond acceptors (Lipinski definition) is 3. The van der Waals surface area contributed by atoms with Gasteiger partial charge in [-0.25, -0.2) is 4.39 Å². The number of alkyl halides is 1. The van der Waals surface area contributed by atoms with Gasteiger partial charge in [-0.2, -0.15) is 0 Å². The summed E-state index contributed by atoms with van der Waals surface area (Å²) in [5, 5.41) is 0. The van der Waals surface area contributed by atoms with Crippen LogP contribution in [0.5, 0.6) is 0 Å². The SMILES string of the molecule is CN1[C@@H]2CC[C@H]1[C@H](c1ccc(I)cc1)C2C(=O)OCC[18F]. The van der Waals surface area contributed by atoms with E-state index in [2.05, 4.69) is 58.8 Å². The Morgan fingerprint density at radius 2 is 2.00 bits per heavy atom. The summed E-state index contributed by atoms with van der Waals surface area (Å²) in [7, 11) is 2.09. The van der Waals surface area contributed by atoms with Gasteiger partial charge in [0.05, 0.1) is 5.92 Å². The molecule has 0 amide bonds. The van der Waals surface area contributed by atoms with Gasteiger partial charge in [-0.05, 0) is 60.2 Å². The highest BCUT2D eigenvalue weighted by Crippen LogP contribution is 2.50. The maximum Gasteiger partial charge on any atom is 0.311 e. The Morgan fingerprint density at radius 3 is 2.67 bits per heavy atom. The van der Waals surface area contributed by atoms with Gasteiger partial charge in [-0.1, -0.05) is 12.1 Å². The van der Waals surface area contributed by atoms with Crippen LogP contribution in [0, 0.1) is 9.49 Å². The summed E-state index contributed by atoms with van der Waals surface area (Å²) in [6.07, 6.45) is 2.14. The molecule has 114 valence electrons. The molecule has 2 aliphatic rings. The number of rotatable bonds is 4. The molecule has 3 nitrogen and oxygen atoms in total. The quantitative estimate of drug-likeness (QED) is 0.573. The average Bonchev–Trinajstić information content (AvgIpc) is 2.98. The molecule has 4 atom stereocenters. The van der Waals surface area contributed by atoms with E-state index in [1.165, 1.54) is 9.13 Å². The number of fused-ring (bicyclic) bond motifs is 2. The maximum atomic E-state index is 12.4. The summed E-state index contributed by atoms with van der Waals surface area (Å²) < 4.78 is 18.6. The van der Waals surface area contributed by atoms with Gasteiger partial charge < -0.3 is 4.74 Å². The molecule has 1 aromatic carbocycles. The Hall–Kier alpha value is -0.690. The standard InChI is InChI=1S/C16H19FINO2/c1-19-12-6-7-13(19)15(16(20)21-9-8-17)14(12)10-2-4-11(18)5-3-10/h2-5,12-15H,6-9H2,1H3/t12-,13+,14-,15?/m0/s1/i17-1. The number of likely N-dealkylation sites (N-methyl/N-ethyl adjacent to an activating group) is 1. The summed E-state index contributed by atoms with van der Waals surface area (Å²) in [6.45, 7) is -0.744. The molecule has 2 bridgehead atoms. The number of benzene rings is 1. The summed E-state index contributed by atoms with van der Waals surface area (Å²) in [6, 6.07) is 8.98. The molecule has 0 radical (unpaired) electrons. The molecule has 2 fully saturated rings. The van der Waals surface area contributed by atoms with E-state index in [-0.39, 0.29) is 30.5 Å². The number of esters is 1. The largest absolute Gasteiger partial charge is 0.463 e. The van der Waals surface area contributed by atoms with E-state index in [0.29, 0.717) is 6.04 Å². The van der Waals surface area contributed by atoms with Crippen molar-refractivity contribution in [1.82, 2.24) is 4.90 Å². The molecule has 1 unspecified atom stereocenters. The summed E-state index contributed by atoms with van der Waals surface area (Å²) in [5.41, 5.74) is 1.19. The molecule has 0 saturated carbocycles. The molecule has 2 heterocycles. The Balaban J connectivity index is 1.88. The molecule has 2 saturated heterocycles. The predicted octanol–water partition coefficient (Wildman–Crippen LogP) is 2.98. The molecule has 21 heavy (non-hydrogen) atoms. The smallest absolute Gasteiger partial charge is 0.311 e. The fourth-order valence-corrected chi connectivity index (χ4v) is 4.35. The van der Waals surface area contributed by atoms with Crippen molar-refractivity contribution in [1.29, 1.82) is 0 Å². The molecule has 5 heteroatoms. The topological polar surface area (TPSA) is 29.5 Å². The Labute approximate surface area is 138 Å². The molecule has 0 aromatic heterocycles. The number of ether oxygens (including phenoxy) is 1. The van der Waals surface area contributed by atoms with Gasteiger partial charge in [-0.15, -0.1) is 0 Å². The predicted molar refractivity (Wildman–Crippen MR) is 86.9 cm³/mol. The number of halogens is 2. The van der Waals surface area contributed by atoms with Crippen molar-refractivity contribution in [2.75, 3.05) is 20.3 Å². The first-order valence-electron chi connectivity index (χ1n) is 7.33. The van der Waals surface area contributed by atoms with Gasteiger partial charge in [0.1, 0.15) is 13.3 Å². The van der Waals surface area contributed by atoms with Gasteiger partial charge in [0, 0.05) is 21.6 Å². The van der Waals surface area contributed by atoms with Crippen molar-refractivity contribution in [3.05, 3.63) is 33.4 Å². The van der Waals surface area contributed by atoms with Gasteiger partial charge >= 0.3 is 5.97 Å². The van der Waals surface area contributed by atoms with E-state index < -0.39 is 6.67 Å². The van der Waals surface area contributed by atoms with Crippen molar-refractivity contribution in [3.8, 4) is 0 Å². The maximum absolute atomic E-state index is 12.4. The van der Waals surface area contributed by atoms with E-state index in [1.807, 2.05) is 0 Å². The molecule has 0 aliphatic carbocycles. The van der Waals surface area contributed by atoms with Crippen LogP contribution in [0.15, 0.2) is 24.3 Å². The molecule has 3 rings (SSSR count). The van der Waals surface area contributed by atoms with Gasteiger partial charge in [0.2, 0.25) is 0 Å². The van der Waals surface area contributed by atoms with Crippen LogP contribution in [0.2, 0.25) is 0 Å². The van der Waals surface area contributed by atoms with Crippen LogP contribution in [-0.2, 0) is 9.53 Å². The number of carbonyl (C=O) groups is 1. The average molecular weight is 402 g/mol. The van der Waals surface area contributed by atoms with Crippen LogP contribution in [0.25, 0.3) is 0 Å². The fraction of sp³-hybridized carbons (Fsp3) is 0.562. The Morgan fingerprint density at radius 1 is 1.33 bits per heavy atom. The van der Waals surface area contributed by atoms with Gasteiger partial charge in [0.15, 0.2) is 0 Å². The third-order valence-corrected chi connectivity index (χ3v) is 5.59. The van der Waals surface area contributed by atoms with E-state index in [4.69, 9.17) is 4.74 Å². The zero-order chi connectivity index (χ0) is 15.0. The third-order valence-electron chi connectivity index (χ3n) is 4.87. The zero-order valence-electron chi connectivity index (χ0n) is 12.0. The Kier molecular flexibility index (Phi) is 4.49.